The number of tetrazole rings is 1. The van der Waals surface area contributed by atoms with Gasteiger partial charge in [0.25, 0.3) is 5.78 Å². The number of rotatable bonds is 0. The molecule has 0 aliphatic carbocycles. The summed E-state index contributed by atoms with van der Waals surface area (Å²) in [5, 5.41) is 11.2. The highest BCUT2D eigenvalue weighted by Gasteiger charge is 2.01. The Kier molecular flexibility index (Phi) is 1.25. The van der Waals surface area contributed by atoms with Gasteiger partial charge in [-0.1, -0.05) is 16.7 Å². The van der Waals surface area contributed by atoms with Crippen LogP contribution >= 0.6 is 11.6 Å². The summed E-state index contributed by atoms with van der Waals surface area (Å²) in [5.41, 5.74) is 0.866. The second-order valence-electron chi connectivity index (χ2n) is 2.11. The molecule has 0 aliphatic heterocycles. The SMILES string of the molecule is Cc1cc(Cl)nc2nnnn12. The van der Waals surface area contributed by atoms with Gasteiger partial charge in [-0.25, -0.2) is 0 Å². The Bertz CT molecular complexity index is 395. The van der Waals surface area contributed by atoms with Crippen LogP contribution in [0.4, 0.5) is 0 Å². The van der Waals surface area contributed by atoms with Gasteiger partial charge in [0.05, 0.1) is 0 Å². The molecule has 0 aromatic carbocycles. The van der Waals surface area contributed by atoms with Crippen LogP contribution in [0.2, 0.25) is 5.15 Å². The molecule has 2 heterocycles. The van der Waals surface area contributed by atoms with E-state index in [0.717, 1.165) is 5.69 Å². The molecular weight excluding hydrogens is 166 g/mol. The van der Waals surface area contributed by atoms with Crippen molar-refractivity contribution in [3.8, 4) is 0 Å². The lowest BCUT2D eigenvalue weighted by Gasteiger charge is -1.94. The van der Waals surface area contributed by atoms with Crippen molar-refractivity contribution in [1.29, 1.82) is 0 Å². The molecule has 0 aliphatic rings. The summed E-state index contributed by atoms with van der Waals surface area (Å²) in [5.74, 6) is 0.426. The second kappa shape index (κ2) is 2.13. The van der Waals surface area contributed by atoms with Crippen LogP contribution in [0, 0.1) is 6.92 Å². The Morgan fingerprint density at radius 1 is 1.55 bits per heavy atom. The molecule has 2 aromatic rings. The average Bonchev–Trinajstić information content (AvgIpc) is 2.34. The smallest absolute Gasteiger partial charge is 0.198 e. The van der Waals surface area contributed by atoms with E-state index in [-0.39, 0.29) is 0 Å². The third-order valence-electron chi connectivity index (χ3n) is 1.32. The molecule has 56 valence electrons. The maximum atomic E-state index is 5.66. The van der Waals surface area contributed by atoms with Gasteiger partial charge in [0.15, 0.2) is 0 Å². The maximum absolute atomic E-state index is 5.66. The number of halogens is 1. The van der Waals surface area contributed by atoms with Crippen molar-refractivity contribution in [3.05, 3.63) is 16.9 Å². The van der Waals surface area contributed by atoms with Crippen molar-refractivity contribution < 1.29 is 0 Å². The summed E-state index contributed by atoms with van der Waals surface area (Å²) in [6, 6.07) is 1.70. The number of fused-ring (bicyclic) bond motifs is 1. The minimum Gasteiger partial charge on any atom is -0.198 e. The quantitative estimate of drug-likeness (QED) is 0.539. The minimum atomic E-state index is 0.407. The standard InChI is InChI=1S/C5H4ClN5/c1-3-2-4(6)7-5-8-9-10-11(3)5/h2H,1H3. The van der Waals surface area contributed by atoms with E-state index in [1.54, 1.807) is 6.07 Å². The van der Waals surface area contributed by atoms with E-state index in [2.05, 4.69) is 20.5 Å². The summed E-state index contributed by atoms with van der Waals surface area (Å²) in [7, 11) is 0. The van der Waals surface area contributed by atoms with Gasteiger partial charge in [0.1, 0.15) is 5.15 Å². The number of hydrogen-bond acceptors (Lipinski definition) is 4. The summed E-state index contributed by atoms with van der Waals surface area (Å²) in [4.78, 5) is 3.89. The number of aryl methyl sites for hydroxylation is 1. The summed E-state index contributed by atoms with van der Waals surface area (Å²) in [6.07, 6.45) is 0. The molecular formula is C5H4ClN5. The molecule has 2 rings (SSSR count). The van der Waals surface area contributed by atoms with Crippen molar-refractivity contribution in [2.24, 2.45) is 0 Å². The lowest BCUT2D eigenvalue weighted by molar-refractivity contribution is 0.800. The van der Waals surface area contributed by atoms with Gasteiger partial charge in [-0.15, -0.1) is 0 Å². The molecule has 0 spiro atoms. The zero-order chi connectivity index (χ0) is 7.84. The number of nitrogens with zero attached hydrogens (tertiary/aromatic N) is 5. The Morgan fingerprint density at radius 3 is 3.18 bits per heavy atom. The number of aromatic nitrogens is 5. The van der Waals surface area contributed by atoms with E-state index in [9.17, 15) is 0 Å². The molecule has 2 aromatic heterocycles. The average molecular weight is 170 g/mol. The van der Waals surface area contributed by atoms with E-state index in [4.69, 9.17) is 11.6 Å². The highest BCUT2D eigenvalue weighted by atomic mass is 35.5. The Hall–Kier alpha value is -1.23. The largest absolute Gasteiger partial charge is 0.275 e. The van der Waals surface area contributed by atoms with Gasteiger partial charge >= 0.3 is 0 Å². The van der Waals surface area contributed by atoms with E-state index in [1.165, 1.54) is 4.52 Å². The second-order valence-corrected chi connectivity index (χ2v) is 2.50. The van der Waals surface area contributed by atoms with Gasteiger partial charge in [0.2, 0.25) is 0 Å². The summed E-state index contributed by atoms with van der Waals surface area (Å²) in [6.45, 7) is 1.86. The lowest BCUT2D eigenvalue weighted by atomic mass is 10.5. The fourth-order valence-corrected chi connectivity index (χ4v) is 1.08. The molecule has 6 heteroatoms. The van der Waals surface area contributed by atoms with Crippen LogP contribution < -0.4 is 0 Å². The van der Waals surface area contributed by atoms with Crippen LogP contribution in [0.5, 0.6) is 0 Å². The van der Waals surface area contributed by atoms with E-state index in [0.29, 0.717) is 10.9 Å². The predicted octanol–water partition coefficient (Wildman–Crippen LogP) is 0.481. The molecule has 0 atom stereocenters. The first-order valence-electron chi connectivity index (χ1n) is 2.98. The van der Waals surface area contributed by atoms with Crippen molar-refractivity contribution in [2.75, 3.05) is 0 Å². The van der Waals surface area contributed by atoms with Crippen molar-refractivity contribution in [1.82, 2.24) is 25.0 Å². The van der Waals surface area contributed by atoms with Gasteiger partial charge in [-0.3, -0.25) is 0 Å². The fraction of sp³-hybridized carbons (Fsp3) is 0.200. The zero-order valence-electron chi connectivity index (χ0n) is 5.69. The van der Waals surface area contributed by atoms with Gasteiger partial charge in [-0.2, -0.15) is 9.50 Å². The van der Waals surface area contributed by atoms with Crippen LogP contribution in [0.15, 0.2) is 6.07 Å². The lowest BCUT2D eigenvalue weighted by Crippen LogP contribution is -1.95. The van der Waals surface area contributed by atoms with Gasteiger partial charge in [0, 0.05) is 5.69 Å². The highest BCUT2D eigenvalue weighted by molar-refractivity contribution is 6.29. The summed E-state index contributed by atoms with van der Waals surface area (Å²) < 4.78 is 1.52. The molecule has 0 bridgehead atoms. The number of hydrogen-bond donors (Lipinski definition) is 0. The maximum Gasteiger partial charge on any atom is 0.275 e. The first-order valence-corrected chi connectivity index (χ1v) is 3.36. The van der Waals surface area contributed by atoms with Crippen LogP contribution in [0.25, 0.3) is 5.78 Å². The molecule has 0 saturated carbocycles. The van der Waals surface area contributed by atoms with Crippen molar-refractivity contribution in [2.45, 2.75) is 6.92 Å². The molecule has 0 amide bonds. The molecule has 0 N–H and O–H groups in total. The van der Waals surface area contributed by atoms with Crippen LogP contribution in [0.1, 0.15) is 5.69 Å². The predicted molar refractivity (Wildman–Crippen MR) is 38.3 cm³/mol. The molecule has 0 saturated heterocycles. The first-order chi connectivity index (χ1) is 5.27. The van der Waals surface area contributed by atoms with Crippen molar-refractivity contribution in [3.63, 3.8) is 0 Å². The zero-order valence-corrected chi connectivity index (χ0v) is 6.45. The third kappa shape index (κ3) is 0.932. The summed E-state index contributed by atoms with van der Waals surface area (Å²) >= 11 is 5.66. The molecule has 0 unspecified atom stereocenters. The minimum absolute atomic E-state index is 0.407. The molecule has 0 fully saturated rings. The Morgan fingerprint density at radius 2 is 2.36 bits per heavy atom. The fourth-order valence-electron chi connectivity index (χ4n) is 0.842. The molecule has 11 heavy (non-hydrogen) atoms. The van der Waals surface area contributed by atoms with Gasteiger partial charge in [-0.05, 0) is 23.4 Å². The third-order valence-corrected chi connectivity index (χ3v) is 1.52. The molecule has 0 radical (unpaired) electrons. The van der Waals surface area contributed by atoms with Gasteiger partial charge < -0.3 is 0 Å². The first kappa shape index (κ1) is 6.48. The van der Waals surface area contributed by atoms with E-state index >= 15 is 0 Å². The van der Waals surface area contributed by atoms with Crippen LogP contribution in [-0.4, -0.2) is 25.0 Å². The Balaban J connectivity index is 2.91. The Labute approximate surface area is 67.0 Å². The highest BCUT2D eigenvalue weighted by Crippen LogP contribution is 2.07. The van der Waals surface area contributed by atoms with E-state index in [1.807, 2.05) is 6.92 Å². The van der Waals surface area contributed by atoms with Crippen LogP contribution in [0.3, 0.4) is 0 Å². The topological polar surface area (TPSA) is 56.0 Å². The monoisotopic (exact) mass is 169 g/mol. The van der Waals surface area contributed by atoms with Crippen LogP contribution in [-0.2, 0) is 0 Å². The molecule has 5 nitrogen and oxygen atoms in total. The van der Waals surface area contributed by atoms with Crippen molar-refractivity contribution >= 4 is 17.4 Å². The normalized spacial score (nSPS) is 10.7. The van der Waals surface area contributed by atoms with E-state index < -0.39 is 0 Å².